The van der Waals surface area contributed by atoms with Crippen LogP contribution >= 0.6 is 0 Å². The summed E-state index contributed by atoms with van der Waals surface area (Å²) in [6.45, 7) is 11.4. The smallest absolute Gasteiger partial charge is 0.433 e. The quantitative estimate of drug-likeness (QED) is 0.149. The van der Waals surface area contributed by atoms with Crippen molar-refractivity contribution in [3.63, 3.8) is 0 Å². The fourth-order valence-electron chi connectivity index (χ4n) is 5.37. The molecule has 3 aromatic rings. The van der Waals surface area contributed by atoms with Crippen LogP contribution in [0.1, 0.15) is 56.6 Å². The minimum atomic E-state index is -4.72. The van der Waals surface area contributed by atoms with Gasteiger partial charge < -0.3 is 24.5 Å². The van der Waals surface area contributed by atoms with Crippen molar-refractivity contribution in [1.82, 2.24) is 24.6 Å². The van der Waals surface area contributed by atoms with E-state index in [4.69, 9.17) is 9.47 Å². The average Bonchev–Trinajstić information content (AvgIpc) is 3.48. The number of aliphatic hydroxyl groups is 1. The molecule has 0 saturated carbocycles. The minimum absolute atomic E-state index is 0.0471. The second-order valence-electron chi connectivity index (χ2n) is 12.9. The molecule has 1 aliphatic heterocycles. The molecule has 0 spiro atoms. The summed E-state index contributed by atoms with van der Waals surface area (Å²) in [7, 11) is -1.45. The second kappa shape index (κ2) is 12.0. The number of fused-ring (bicyclic) bond motifs is 1. The fourth-order valence-corrected chi connectivity index (χ4v) is 6.12. The highest BCUT2D eigenvalue weighted by Crippen LogP contribution is 2.40. The third-order valence-electron chi connectivity index (χ3n) is 7.46. The van der Waals surface area contributed by atoms with E-state index in [1.807, 2.05) is 0 Å². The number of imidazole rings is 1. The van der Waals surface area contributed by atoms with Gasteiger partial charge in [-0.1, -0.05) is 19.6 Å². The molecule has 0 radical (unpaired) electrons. The normalized spacial score (nSPS) is 22.1. The van der Waals surface area contributed by atoms with Crippen molar-refractivity contribution in [2.24, 2.45) is 0 Å². The van der Waals surface area contributed by atoms with E-state index < -0.39 is 50.1 Å². The van der Waals surface area contributed by atoms with Crippen LogP contribution in [0, 0.1) is 0 Å². The Morgan fingerprint density at radius 3 is 2.40 bits per heavy atom. The number of alkyl halides is 6. The molecule has 8 nitrogen and oxygen atoms in total. The summed E-state index contributed by atoms with van der Waals surface area (Å²) in [6.07, 6.45) is -8.02. The largest absolute Gasteiger partial charge is 0.492 e. The average molecular weight is 636 g/mol. The van der Waals surface area contributed by atoms with E-state index in [0.717, 1.165) is 22.9 Å². The number of hydrogen-bond acceptors (Lipinski definition) is 6. The monoisotopic (exact) mass is 635 g/mol. The lowest BCUT2D eigenvalue weighted by molar-refractivity contribution is -0.146. The highest BCUT2D eigenvalue weighted by Gasteiger charge is 2.44. The molecule has 1 unspecified atom stereocenters. The number of rotatable bonds is 10. The second-order valence-corrected chi connectivity index (χ2v) is 18.5. The molecule has 3 heterocycles. The van der Waals surface area contributed by atoms with Gasteiger partial charge in [-0.3, -0.25) is 0 Å². The third-order valence-corrected chi connectivity index (χ3v) is 9.17. The van der Waals surface area contributed by atoms with Gasteiger partial charge in [0.2, 0.25) is 0 Å². The van der Waals surface area contributed by atoms with Gasteiger partial charge in [0.25, 0.3) is 0 Å². The molecule has 0 bridgehead atoms. The lowest BCUT2D eigenvalue weighted by Gasteiger charge is -2.40. The molecular formula is C28H39F6N5O3Si. The van der Waals surface area contributed by atoms with Crippen molar-refractivity contribution in [2.45, 2.75) is 102 Å². The van der Waals surface area contributed by atoms with E-state index in [1.165, 1.54) is 17.0 Å². The zero-order chi connectivity index (χ0) is 32.0. The summed E-state index contributed by atoms with van der Waals surface area (Å²) >= 11 is 0. The highest BCUT2D eigenvalue weighted by atomic mass is 28.3. The molecule has 43 heavy (non-hydrogen) atoms. The van der Waals surface area contributed by atoms with Crippen LogP contribution in [-0.2, 0) is 29.4 Å². The predicted molar refractivity (Wildman–Crippen MR) is 151 cm³/mol. The van der Waals surface area contributed by atoms with Crippen LogP contribution in [0.25, 0.3) is 11.0 Å². The first-order valence-corrected chi connectivity index (χ1v) is 17.9. The Balaban J connectivity index is 1.54. The van der Waals surface area contributed by atoms with Gasteiger partial charge in [0, 0.05) is 45.3 Å². The van der Waals surface area contributed by atoms with Crippen LogP contribution in [0.2, 0.25) is 25.7 Å². The Kier molecular flexibility index (Phi) is 9.32. The van der Waals surface area contributed by atoms with Crippen molar-refractivity contribution >= 4 is 19.1 Å². The SMILES string of the molecule is CC(C)n1cnc2cc(OC[C@@H]3CC(O)(c4cc(C(F)(F)F)n(COCC[Si](C)(C)C)n4)C[C@H](C)N3)cc(C(F)(F)F)c21. The van der Waals surface area contributed by atoms with E-state index in [2.05, 4.69) is 35.0 Å². The zero-order valence-electron chi connectivity index (χ0n) is 25.1. The summed E-state index contributed by atoms with van der Waals surface area (Å²) in [5, 5.41) is 18.9. The van der Waals surface area contributed by atoms with Crippen LogP contribution in [0.3, 0.4) is 0 Å². The molecule has 0 amide bonds. The number of halogens is 6. The van der Waals surface area contributed by atoms with E-state index in [-0.39, 0.29) is 54.0 Å². The van der Waals surface area contributed by atoms with Gasteiger partial charge in [-0.05, 0) is 45.4 Å². The minimum Gasteiger partial charge on any atom is -0.492 e. The Labute approximate surface area is 247 Å². The number of ether oxygens (including phenoxy) is 2. The summed E-state index contributed by atoms with van der Waals surface area (Å²) in [6, 6.07) is 2.75. The molecule has 3 atom stereocenters. The van der Waals surface area contributed by atoms with E-state index in [9.17, 15) is 31.4 Å². The first kappa shape index (κ1) is 33.3. The van der Waals surface area contributed by atoms with E-state index >= 15 is 0 Å². The molecule has 4 rings (SSSR count). The van der Waals surface area contributed by atoms with Crippen molar-refractivity contribution in [1.29, 1.82) is 0 Å². The topological polar surface area (TPSA) is 86.4 Å². The lowest BCUT2D eigenvalue weighted by atomic mass is 9.82. The summed E-state index contributed by atoms with van der Waals surface area (Å²) < 4.78 is 97.0. The van der Waals surface area contributed by atoms with Gasteiger partial charge in [0.15, 0.2) is 0 Å². The number of benzene rings is 1. The molecule has 1 aliphatic rings. The van der Waals surface area contributed by atoms with Gasteiger partial charge >= 0.3 is 12.4 Å². The van der Waals surface area contributed by atoms with Crippen molar-refractivity contribution < 1.29 is 40.9 Å². The maximum Gasteiger partial charge on any atom is 0.433 e. The predicted octanol–water partition coefficient (Wildman–Crippen LogP) is 6.57. The molecule has 1 fully saturated rings. The third kappa shape index (κ3) is 7.91. The standard InChI is InChI=1S/C28H39F6N5O3Si/c1-17(2)38-15-35-22-10-20(9-21(25(22)38)27(29,30)31)42-14-19-13-26(40,12-18(3)36-19)23-11-24(28(32,33)34)39(37-23)16-41-7-8-43(4,5)6/h9-11,15,17-19,36,40H,7-8,12-14,16H2,1-6H3/t18-,19-,26?/m0/s1. The molecule has 15 heteroatoms. The van der Waals surface area contributed by atoms with Gasteiger partial charge in [0.1, 0.15) is 30.4 Å². The number of nitrogens with zero attached hydrogens (tertiary/aromatic N) is 4. The van der Waals surface area contributed by atoms with E-state index in [0.29, 0.717) is 6.61 Å². The molecule has 0 aliphatic carbocycles. The summed E-state index contributed by atoms with van der Waals surface area (Å²) in [5.41, 5.74) is -3.72. The summed E-state index contributed by atoms with van der Waals surface area (Å²) in [5.74, 6) is -0.0588. The first-order chi connectivity index (χ1) is 19.8. The molecule has 240 valence electrons. The van der Waals surface area contributed by atoms with Gasteiger partial charge in [-0.2, -0.15) is 31.4 Å². The maximum absolute atomic E-state index is 14.0. The van der Waals surface area contributed by atoms with Crippen molar-refractivity contribution in [3.05, 3.63) is 41.5 Å². The lowest BCUT2D eigenvalue weighted by Crippen LogP contribution is -2.53. The number of aromatic nitrogens is 4. The number of hydrogen-bond donors (Lipinski definition) is 2. The van der Waals surface area contributed by atoms with Crippen LogP contribution < -0.4 is 10.1 Å². The van der Waals surface area contributed by atoms with Gasteiger partial charge in [-0.15, -0.1) is 0 Å². The number of nitrogens with one attached hydrogen (secondary N) is 1. The molecule has 2 N–H and O–H groups in total. The first-order valence-electron chi connectivity index (χ1n) is 14.2. The van der Waals surface area contributed by atoms with Gasteiger partial charge in [0.05, 0.1) is 28.6 Å². The van der Waals surface area contributed by atoms with Crippen LogP contribution in [0.4, 0.5) is 26.3 Å². The fraction of sp³-hybridized carbons (Fsp3) is 0.643. The molecular weight excluding hydrogens is 596 g/mol. The Bertz CT molecular complexity index is 1410. The van der Waals surface area contributed by atoms with Crippen LogP contribution in [0.5, 0.6) is 5.75 Å². The van der Waals surface area contributed by atoms with Gasteiger partial charge in [-0.25, -0.2) is 9.67 Å². The highest BCUT2D eigenvalue weighted by molar-refractivity contribution is 6.76. The Morgan fingerprint density at radius 1 is 1.09 bits per heavy atom. The zero-order valence-corrected chi connectivity index (χ0v) is 26.1. The summed E-state index contributed by atoms with van der Waals surface area (Å²) in [4.78, 5) is 4.13. The van der Waals surface area contributed by atoms with Crippen molar-refractivity contribution in [2.75, 3.05) is 13.2 Å². The molecule has 2 aromatic heterocycles. The Hall–Kier alpha value is -2.62. The van der Waals surface area contributed by atoms with Crippen molar-refractivity contribution in [3.8, 4) is 5.75 Å². The maximum atomic E-state index is 14.0. The number of piperidine rings is 1. The molecule has 1 aromatic carbocycles. The van der Waals surface area contributed by atoms with E-state index in [1.54, 1.807) is 20.8 Å². The van der Waals surface area contributed by atoms with Crippen LogP contribution in [0.15, 0.2) is 24.5 Å². The Morgan fingerprint density at radius 2 is 1.79 bits per heavy atom. The molecule has 1 saturated heterocycles. The van der Waals surface area contributed by atoms with Crippen LogP contribution in [-0.4, -0.2) is 57.8 Å².